The molecule has 18 heavy (non-hydrogen) atoms. The molecule has 2 rings (SSSR count). The van der Waals surface area contributed by atoms with Gasteiger partial charge in [0.1, 0.15) is 5.75 Å². The first-order chi connectivity index (χ1) is 8.60. The van der Waals surface area contributed by atoms with Crippen molar-refractivity contribution in [1.82, 2.24) is 9.97 Å². The maximum absolute atomic E-state index is 12.9. The minimum Gasteiger partial charge on any atom is -0.424 e. The van der Waals surface area contributed by atoms with E-state index in [9.17, 15) is 4.39 Å². The van der Waals surface area contributed by atoms with Gasteiger partial charge in [-0.25, -0.2) is 9.37 Å². The van der Waals surface area contributed by atoms with Gasteiger partial charge in [0.2, 0.25) is 0 Å². The number of hydrogen-bond donors (Lipinski definition) is 1. The average Bonchev–Trinajstić information content (AvgIpc) is 2.36. The highest BCUT2D eigenvalue weighted by Gasteiger charge is 2.08. The molecule has 4 nitrogen and oxygen atoms in total. The van der Waals surface area contributed by atoms with Crippen molar-refractivity contribution in [3.8, 4) is 11.8 Å². The van der Waals surface area contributed by atoms with Crippen LogP contribution in [0.5, 0.6) is 11.8 Å². The molecule has 0 saturated heterocycles. The highest BCUT2D eigenvalue weighted by Crippen LogP contribution is 2.25. The lowest BCUT2D eigenvalue weighted by atomic mass is 10.1. The Hall–Kier alpha value is -2.17. The summed E-state index contributed by atoms with van der Waals surface area (Å²) < 4.78 is 18.5. The van der Waals surface area contributed by atoms with E-state index in [0.29, 0.717) is 5.75 Å². The SMILES string of the molecule is CCc1cc(C)ccc1Oc1ncc(F)c(N)n1. The molecule has 0 bridgehead atoms. The summed E-state index contributed by atoms with van der Waals surface area (Å²) in [6.45, 7) is 4.04. The molecule has 1 aromatic carbocycles. The first kappa shape index (κ1) is 12.3. The molecule has 1 heterocycles. The van der Waals surface area contributed by atoms with Gasteiger partial charge in [-0.2, -0.15) is 4.98 Å². The van der Waals surface area contributed by atoms with Gasteiger partial charge in [-0.05, 0) is 25.0 Å². The largest absolute Gasteiger partial charge is 0.424 e. The fourth-order valence-corrected chi connectivity index (χ4v) is 1.59. The Bertz CT molecular complexity index is 572. The topological polar surface area (TPSA) is 61.0 Å². The Balaban J connectivity index is 2.30. The van der Waals surface area contributed by atoms with Crippen molar-refractivity contribution in [2.75, 3.05) is 5.73 Å². The Morgan fingerprint density at radius 3 is 2.83 bits per heavy atom. The first-order valence-electron chi connectivity index (χ1n) is 5.65. The lowest BCUT2D eigenvalue weighted by Crippen LogP contribution is -2.00. The van der Waals surface area contributed by atoms with Gasteiger partial charge in [-0.1, -0.05) is 24.6 Å². The smallest absolute Gasteiger partial charge is 0.324 e. The summed E-state index contributed by atoms with van der Waals surface area (Å²) in [5.74, 6) is -0.207. The molecule has 2 N–H and O–H groups in total. The third-order valence-electron chi connectivity index (χ3n) is 2.55. The number of nitrogens with zero attached hydrogens (tertiary/aromatic N) is 2. The predicted octanol–water partition coefficient (Wildman–Crippen LogP) is 2.86. The van der Waals surface area contributed by atoms with Gasteiger partial charge in [-0.3, -0.25) is 0 Å². The molecule has 1 aromatic heterocycles. The van der Waals surface area contributed by atoms with Crippen molar-refractivity contribution < 1.29 is 9.13 Å². The lowest BCUT2D eigenvalue weighted by molar-refractivity contribution is 0.433. The summed E-state index contributed by atoms with van der Waals surface area (Å²) in [5.41, 5.74) is 7.56. The van der Waals surface area contributed by atoms with Gasteiger partial charge in [0.25, 0.3) is 0 Å². The second-order valence-electron chi connectivity index (χ2n) is 3.95. The van der Waals surface area contributed by atoms with Crippen LogP contribution in [-0.2, 0) is 6.42 Å². The minimum atomic E-state index is -0.651. The van der Waals surface area contributed by atoms with Crippen molar-refractivity contribution in [3.63, 3.8) is 0 Å². The van der Waals surface area contributed by atoms with Crippen LogP contribution in [0, 0.1) is 12.7 Å². The highest BCUT2D eigenvalue weighted by molar-refractivity contribution is 5.39. The fraction of sp³-hybridized carbons (Fsp3) is 0.231. The molecule has 0 saturated carbocycles. The summed E-state index contributed by atoms with van der Waals surface area (Å²) in [6.07, 6.45) is 1.82. The third kappa shape index (κ3) is 2.56. The van der Waals surface area contributed by atoms with E-state index in [2.05, 4.69) is 9.97 Å². The van der Waals surface area contributed by atoms with E-state index in [1.54, 1.807) is 0 Å². The molecular formula is C13H14FN3O. The zero-order valence-corrected chi connectivity index (χ0v) is 10.3. The zero-order chi connectivity index (χ0) is 13.1. The molecule has 0 aliphatic rings. The summed E-state index contributed by atoms with van der Waals surface area (Å²) in [6, 6.07) is 5.85. The van der Waals surface area contributed by atoms with Gasteiger partial charge >= 0.3 is 6.01 Å². The van der Waals surface area contributed by atoms with E-state index in [1.807, 2.05) is 32.0 Å². The van der Waals surface area contributed by atoms with Crippen molar-refractivity contribution in [2.24, 2.45) is 0 Å². The van der Waals surface area contributed by atoms with E-state index < -0.39 is 5.82 Å². The Morgan fingerprint density at radius 1 is 1.39 bits per heavy atom. The van der Waals surface area contributed by atoms with Crippen molar-refractivity contribution in [3.05, 3.63) is 41.3 Å². The molecule has 0 unspecified atom stereocenters. The quantitative estimate of drug-likeness (QED) is 0.905. The molecule has 0 spiro atoms. The van der Waals surface area contributed by atoms with E-state index in [1.165, 1.54) is 0 Å². The van der Waals surface area contributed by atoms with Crippen LogP contribution in [-0.4, -0.2) is 9.97 Å². The summed E-state index contributed by atoms with van der Waals surface area (Å²) in [5, 5.41) is 0. The monoisotopic (exact) mass is 247 g/mol. The number of ether oxygens (including phenoxy) is 1. The van der Waals surface area contributed by atoms with Crippen molar-refractivity contribution >= 4 is 5.82 Å². The minimum absolute atomic E-state index is 0.0486. The number of anilines is 1. The summed E-state index contributed by atoms with van der Waals surface area (Å²) in [4.78, 5) is 7.48. The maximum Gasteiger partial charge on any atom is 0.324 e. The molecule has 0 atom stereocenters. The Morgan fingerprint density at radius 2 is 2.17 bits per heavy atom. The summed E-state index contributed by atoms with van der Waals surface area (Å²) >= 11 is 0. The molecule has 0 radical (unpaired) electrons. The van der Waals surface area contributed by atoms with Crippen molar-refractivity contribution in [1.29, 1.82) is 0 Å². The zero-order valence-electron chi connectivity index (χ0n) is 10.3. The normalized spacial score (nSPS) is 10.4. The van der Waals surface area contributed by atoms with Crippen LogP contribution < -0.4 is 10.5 Å². The highest BCUT2D eigenvalue weighted by atomic mass is 19.1. The summed E-state index contributed by atoms with van der Waals surface area (Å²) in [7, 11) is 0. The van der Waals surface area contributed by atoms with Gasteiger partial charge in [-0.15, -0.1) is 0 Å². The van der Waals surface area contributed by atoms with Crippen LogP contribution in [0.4, 0.5) is 10.2 Å². The number of halogens is 1. The van der Waals surface area contributed by atoms with E-state index in [4.69, 9.17) is 10.5 Å². The lowest BCUT2D eigenvalue weighted by Gasteiger charge is -2.09. The third-order valence-corrected chi connectivity index (χ3v) is 2.55. The molecular weight excluding hydrogens is 233 g/mol. The van der Waals surface area contributed by atoms with E-state index in [0.717, 1.165) is 23.7 Å². The van der Waals surface area contributed by atoms with Crippen LogP contribution in [0.3, 0.4) is 0 Å². The van der Waals surface area contributed by atoms with Gasteiger partial charge < -0.3 is 10.5 Å². The average molecular weight is 247 g/mol. The second-order valence-corrected chi connectivity index (χ2v) is 3.95. The van der Waals surface area contributed by atoms with Gasteiger partial charge in [0.15, 0.2) is 11.6 Å². The second kappa shape index (κ2) is 5.00. The fourth-order valence-electron chi connectivity index (χ4n) is 1.59. The molecule has 2 aromatic rings. The van der Waals surface area contributed by atoms with Crippen molar-refractivity contribution in [2.45, 2.75) is 20.3 Å². The molecule has 5 heteroatoms. The Kier molecular flexibility index (Phi) is 3.41. The number of nitrogen functional groups attached to an aromatic ring is 1. The number of rotatable bonds is 3. The number of hydrogen-bond acceptors (Lipinski definition) is 4. The Labute approximate surface area is 105 Å². The predicted molar refractivity (Wildman–Crippen MR) is 67.0 cm³/mol. The molecule has 94 valence electrons. The van der Waals surface area contributed by atoms with Crippen LogP contribution in [0.15, 0.2) is 24.4 Å². The van der Waals surface area contributed by atoms with Gasteiger partial charge in [0, 0.05) is 0 Å². The number of nitrogens with two attached hydrogens (primary N) is 1. The van der Waals surface area contributed by atoms with Crippen LogP contribution in [0.2, 0.25) is 0 Å². The first-order valence-corrected chi connectivity index (χ1v) is 5.65. The van der Waals surface area contributed by atoms with Gasteiger partial charge in [0.05, 0.1) is 6.20 Å². The maximum atomic E-state index is 12.9. The standard InChI is InChI=1S/C13H14FN3O/c1-3-9-6-8(2)4-5-11(9)18-13-16-7-10(14)12(15)17-13/h4-7H,3H2,1-2H3,(H2,15,16,17). The van der Waals surface area contributed by atoms with E-state index in [-0.39, 0.29) is 11.8 Å². The van der Waals surface area contributed by atoms with Crippen LogP contribution in [0.1, 0.15) is 18.1 Å². The van der Waals surface area contributed by atoms with Crippen LogP contribution in [0.25, 0.3) is 0 Å². The van der Waals surface area contributed by atoms with E-state index >= 15 is 0 Å². The van der Waals surface area contributed by atoms with Crippen LogP contribution >= 0.6 is 0 Å². The molecule has 0 fully saturated rings. The molecule has 0 aliphatic carbocycles. The number of aryl methyl sites for hydroxylation is 2. The molecule has 0 amide bonds. The molecule has 0 aliphatic heterocycles. The number of benzene rings is 1. The number of aromatic nitrogens is 2.